The van der Waals surface area contributed by atoms with Crippen molar-refractivity contribution in [3.63, 3.8) is 0 Å². The number of rotatable bonds is 2. The first-order valence-corrected chi connectivity index (χ1v) is 3.12. The number of nitrogens with zero attached hydrogens (tertiary/aromatic N) is 1. The van der Waals surface area contributed by atoms with Crippen molar-refractivity contribution in [1.82, 2.24) is 4.98 Å². The average molecular weight is 142 g/mol. The number of hydrogen-bond donors (Lipinski definition) is 2. The fourth-order valence-electron chi connectivity index (χ4n) is 0.803. The summed E-state index contributed by atoms with van der Waals surface area (Å²) in [5.74, 6) is 0.667. The van der Waals surface area contributed by atoms with E-state index in [4.69, 9.17) is 15.3 Å². The SMILES string of the molecule is CCc1oc(N)nc1CO. The Balaban J connectivity index is 2.96. The van der Waals surface area contributed by atoms with E-state index in [0.29, 0.717) is 17.9 Å². The molecule has 1 aromatic rings. The predicted molar refractivity (Wildman–Crippen MR) is 36.2 cm³/mol. The van der Waals surface area contributed by atoms with Crippen molar-refractivity contribution in [2.75, 3.05) is 5.73 Å². The van der Waals surface area contributed by atoms with Gasteiger partial charge in [-0.1, -0.05) is 6.92 Å². The lowest BCUT2D eigenvalue weighted by Gasteiger charge is -1.88. The zero-order chi connectivity index (χ0) is 7.56. The molecule has 0 saturated heterocycles. The monoisotopic (exact) mass is 142 g/mol. The standard InChI is InChI=1S/C6H10N2O2/c1-2-5-4(3-9)8-6(7)10-5/h9H,2-3H2,1H3,(H2,7,8). The molecule has 1 heterocycles. The third-order valence-corrected chi connectivity index (χ3v) is 1.27. The molecule has 56 valence electrons. The minimum absolute atomic E-state index is 0.107. The molecule has 0 aromatic carbocycles. The summed E-state index contributed by atoms with van der Waals surface area (Å²) in [7, 11) is 0. The molecule has 0 fully saturated rings. The zero-order valence-electron chi connectivity index (χ0n) is 5.79. The number of aliphatic hydroxyl groups is 1. The van der Waals surface area contributed by atoms with Crippen molar-refractivity contribution in [1.29, 1.82) is 0 Å². The van der Waals surface area contributed by atoms with Crippen LogP contribution in [0, 0.1) is 0 Å². The third-order valence-electron chi connectivity index (χ3n) is 1.27. The summed E-state index contributed by atoms with van der Waals surface area (Å²) in [5, 5.41) is 8.68. The molecule has 0 aliphatic heterocycles. The van der Waals surface area contributed by atoms with Crippen LogP contribution in [-0.2, 0) is 13.0 Å². The zero-order valence-corrected chi connectivity index (χ0v) is 5.79. The topological polar surface area (TPSA) is 72.3 Å². The normalized spacial score (nSPS) is 10.2. The lowest BCUT2D eigenvalue weighted by Crippen LogP contribution is -1.89. The van der Waals surface area contributed by atoms with Gasteiger partial charge in [0.25, 0.3) is 6.01 Å². The number of aromatic nitrogens is 1. The molecule has 10 heavy (non-hydrogen) atoms. The van der Waals surface area contributed by atoms with Crippen LogP contribution in [0.2, 0.25) is 0 Å². The van der Waals surface area contributed by atoms with Crippen molar-refractivity contribution in [3.05, 3.63) is 11.5 Å². The summed E-state index contributed by atoms with van der Waals surface area (Å²) < 4.78 is 4.96. The number of nitrogens with two attached hydrogens (primary N) is 1. The van der Waals surface area contributed by atoms with Crippen molar-refractivity contribution < 1.29 is 9.52 Å². The first-order chi connectivity index (χ1) is 4.77. The minimum atomic E-state index is -0.107. The molecule has 0 bridgehead atoms. The van der Waals surface area contributed by atoms with Crippen LogP contribution in [0.3, 0.4) is 0 Å². The second-order valence-electron chi connectivity index (χ2n) is 1.93. The summed E-state index contributed by atoms with van der Waals surface area (Å²) in [6, 6.07) is 0.126. The Morgan fingerprint density at radius 3 is 2.80 bits per heavy atom. The van der Waals surface area contributed by atoms with Gasteiger partial charge in [-0.25, -0.2) is 0 Å². The molecule has 0 aliphatic rings. The van der Waals surface area contributed by atoms with Crippen molar-refractivity contribution in [2.24, 2.45) is 0 Å². The minimum Gasteiger partial charge on any atom is -0.429 e. The molecule has 0 unspecified atom stereocenters. The van der Waals surface area contributed by atoms with Gasteiger partial charge < -0.3 is 15.3 Å². The van der Waals surface area contributed by atoms with Crippen molar-refractivity contribution in [3.8, 4) is 0 Å². The lowest BCUT2D eigenvalue weighted by molar-refractivity contribution is 0.274. The van der Waals surface area contributed by atoms with Gasteiger partial charge in [-0.2, -0.15) is 4.98 Å². The van der Waals surface area contributed by atoms with E-state index in [-0.39, 0.29) is 12.6 Å². The van der Waals surface area contributed by atoms with Gasteiger partial charge in [0.2, 0.25) is 0 Å². The Kier molecular flexibility index (Phi) is 1.91. The number of anilines is 1. The molecule has 0 aliphatic carbocycles. The van der Waals surface area contributed by atoms with E-state index in [9.17, 15) is 0 Å². The van der Waals surface area contributed by atoms with Crippen LogP contribution in [0.25, 0.3) is 0 Å². The third kappa shape index (κ3) is 1.11. The van der Waals surface area contributed by atoms with E-state index in [1.165, 1.54) is 0 Å². The van der Waals surface area contributed by atoms with Gasteiger partial charge >= 0.3 is 0 Å². The summed E-state index contributed by atoms with van der Waals surface area (Å²) in [6.07, 6.45) is 0.708. The van der Waals surface area contributed by atoms with Crippen LogP contribution in [0.1, 0.15) is 18.4 Å². The molecule has 0 atom stereocenters. The average Bonchev–Trinajstić information content (AvgIpc) is 2.30. The number of aliphatic hydroxyl groups excluding tert-OH is 1. The Bertz CT molecular complexity index is 198. The molecule has 0 spiro atoms. The van der Waals surface area contributed by atoms with E-state index in [1.54, 1.807) is 0 Å². The van der Waals surface area contributed by atoms with E-state index in [1.807, 2.05) is 6.92 Å². The molecular weight excluding hydrogens is 132 g/mol. The van der Waals surface area contributed by atoms with Gasteiger partial charge in [0.05, 0.1) is 6.61 Å². The Hall–Kier alpha value is -1.03. The largest absolute Gasteiger partial charge is 0.429 e. The van der Waals surface area contributed by atoms with Gasteiger partial charge in [-0.3, -0.25) is 0 Å². The quantitative estimate of drug-likeness (QED) is 0.623. The highest BCUT2D eigenvalue weighted by atomic mass is 16.4. The number of hydrogen-bond acceptors (Lipinski definition) is 4. The summed E-state index contributed by atoms with van der Waals surface area (Å²) in [4.78, 5) is 3.76. The Labute approximate surface area is 58.7 Å². The number of oxazole rings is 1. The fourth-order valence-corrected chi connectivity index (χ4v) is 0.803. The Morgan fingerprint density at radius 2 is 2.40 bits per heavy atom. The lowest BCUT2D eigenvalue weighted by atomic mass is 10.3. The molecule has 0 radical (unpaired) electrons. The molecule has 0 saturated carbocycles. The van der Waals surface area contributed by atoms with Crippen LogP contribution in [0.4, 0.5) is 6.01 Å². The fraction of sp³-hybridized carbons (Fsp3) is 0.500. The number of nitrogen functional groups attached to an aromatic ring is 1. The molecule has 4 nitrogen and oxygen atoms in total. The van der Waals surface area contributed by atoms with Gasteiger partial charge in [-0.05, 0) is 0 Å². The molecule has 1 rings (SSSR count). The molecular formula is C6H10N2O2. The second kappa shape index (κ2) is 2.70. The van der Waals surface area contributed by atoms with Crippen LogP contribution in [0.15, 0.2) is 4.42 Å². The van der Waals surface area contributed by atoms with Gasteiger partial charge in [-0.15, -0.1) is 0 Å². The predicted octanol–water partition coefficient (Wildman–Crippen LogP) is 0.312. The highest BCUT2D eigenvalue weighted by molar-refractivity contribution is 5.19. The van der Waals surface area contributed by atoms with E-state index >= 15 is 0 Å². The smallest absolute Gasteiger partial charge is 0.292 e. The summed E-state index contributed by atoms with van der Waals surface area (Å²) >= 11 is 0. The van der Waals surface area contributed by atoms with Gasteiger partial charge in [0, 0.05) is 6.42 Å². The highest BCUT2D eigenvalue weighted by Gasteiger charge is 2.06. The van der Waals surface area contributed by atoms with Crippen molar-refractivity contribution >= 4 is 6.01 Å². The first kappa shape index (κ1) is 7.08. The first-order valence-electron chi connectivity index (χ1n) is 3.12. The van der Waals surface area contributed by atoms with E-state index in [2.05, 4.69) is 4.98 Å². The molecule has 0 amide bonds. The molecule has 1 aromatic heterocycles. The van der Waals surface area contributed by atoms with Crippen molar-refractivity contribution in [2.45, 2.75) is 20.0 Å². The maximum atomic E-state index is 8.68. The Morgan fingerprint density at radius 1 is 1.70 bits per heavy atom. The van der Waals surface area contributed by atoms with Crippen LogP contribution in [-0.4, -0.2) is 10.1 Å². The molecule has 3 N–H and O–H groups in total. The maximum Gasteiger partial charge on any atom is 0.292 e. The van der Waals surface area contributed by atoms with Gasteiger partial charge in [0.15, 0.2) is 0 Å². The van der Waals surface area contributed by atoms with E-state index < -0.39 is 0 Å². The second-order valence-corrected chi connectivity index (χ2v) is 1.93. The van der Waals surface area contributed by atoms with E-state index in [0.717, 1.165) is 0 Å². The highest BCUT2D eigenvalue weighted by Crippen LogP contribution is 2.12. The van der Waals surface area contributed by atoms with Crippen LogP contribution >= 0.6 is 0 Å². The van der Waals surface area contributed by atoms with Crippen LogP contribution < -0.4 is 5.73 Å². The van der Waals surface area contributed by atoms with Crippen LogP contribution in [0.5, 0.6) is 0 Å². The molecule has 4 heteroatoms. The van der Waals surface area contributed by atoms with Gasteiger partial charge in [0.1, 0.15) is 11.5 Å². The number of aryl methyl sites for hydroxylation is 1. The summed E-state index contributed by atoms with van der Waals surface area (Å²) in [5.41, 5.74) is 5.78. The summed E-state index contributed by atoms with van der Waals surface area (Å²) in [6.45, 7) is 1.81. The maximum absolute atomic E-state index is 8.68.